The van der Waals surface area contributed by atoms with Crippen LogP contribution in [0.2, 0.25) is 0 Å². The van der Waals surface area contributed by atoms with Crippen molar-refractivity contribution < 1.29 is 4.74 Å². The second kappa shape index (κ2) is 16.5. The highest BCUT2D eigenvalue weighted by atomic mass is 16.5. The maximum Gasteiger partial charge on any atom is 0.119 e. The molecule has 1 aliphatic rings. The molecular weight excluding hydrogens is 438 g/mol. The summed E-state index contributed by atoms with van der Waals surface area (Å²) in [5, 5.41) is 9.74. The van der Waals surface area contributed by atoms with Gasteiger partial charge in [-0.25, -0.2) is 0 Å². The minimum atomic E-state index is 0.267. The van der Waals surface area contributed by atoms with E-state index in [1.165, 1.54) is 100 Å². The Bertz CT molecular complexity index is 871. The molecule has 1 unspecified atom stereocenters. The van der Waals surface area contributed by atoms with Gasteiger partial charge in [0.1, 0.15) is 5.75 Å². The number of nitriles is 1. The van der Waals surface area contributed by atoms with Crippen molar-refractivity contribution >= 4 is 0 Å². The molecule has 0 saturated heterocycles. The van der Waals surface area contributed by atoms with Gasteiger partial charge in [-0.2, -0.15) is 5.26 Å². The molecule has 2 nitrogen and oxygen atoms in total. The van der Waals surface area contributed by atoms with Crippen LogP contribution >= 0.6 is 0 Å². The maximum absolute atomic E-state index is 9.74. The van der Waals surface area contributed by atoms with Crippen LogP contribution in [0, 0.1) is 23.2 Å². The number of benzene rings is 2. The van der Waals surface area contributed by atoms with Crippen LogP contribution in [0.15, 0.2) is 48.5 Å². The van der Waals surface area contributed by atoms with Crippen molar-refractivity contribution in [2.24, 2.45) is 11.8 Å². The highest BCUT2D eigenvalue weighted by Crippen LogP contribution is 2.40. The SMILES string of the molecule is CCCCCCCOc1ccc(-c2ccc([C@H]3CC[C@H](C(C#N)CCCCCCC)CC3)cc2)cc1. The standard InChI is InChI=1S/C34H49NO/c1-3-5-7-9-11-13-33(27-35)32-20-18-29(19-21-32)28-14-16-30(17-15-28)31-22-24-34(25-23-31)36-26-12-10-8-6-4-2/h14-17,22-25,29,32-33H,3-13,18-21,26H2,1-2H3/t29-,32-,33?. The zero-order chi connectivity index (χ0) is 25.4. The van der Waals surface area contributed by atoms with E-state index in [-0.39, 0.29) is 5.92 Å². The predicted molar refractivity (Wildman–Crippen MR) is 153 cm³/mol. The Labute approximate surface area is 221 Å². The van der Waals surface area contributed by atoms with Gasteiger partial charge in [-0.15, -0.1) is 0 Å². The van der Waals surface area contributed by atoms with Gasteiger partial charge in [-0.05, 0) is 79.2 Å². The van der Waals surface area contributed by atoms with Crippen molar-refractivity contribution in [3.8, 4) is 22.9 Å². The maximum atomic E-state index is 9.74. The average Bonchev–Trinajstić information content (AvgIpc) is 2.93. The number of rotatable bonds is 16. The van der Waals surface area contributed by atoms with Crippen molar-refractivity contribution in [3.63, 3.8) is 0 Å². The molecule has 1 fully saturated rings. The molecule has 2 aromatic rings. The van der Waals surface area contributed by atoms with Crippen LogP contribution in [0.5, 0.6) is 5.75 Å². The number of ether oxygens (including phenoxy) is 1. The van der Waals surface area contributed by atoms with Gasteiger partial charge >= 0.3 is 0 Å². The Morgan fingerprint density at radius 3 is 1.86 bits per heavy atom. The van der Waals surface area contributed by atoms with Crippen LogP contribution in [0.3, 0.4) is 0 Å². The average molecular weight is 488 g/mol. The molecule has 0 aromatic heterocycles. The van der Waals surface area contributed by atoms with Crippen LogP contribution in [-0.2, 0) is 0 Å². The number of hydrogen-bond acceptors (Lipinski definition) is 2. The molecule has 1 saturated carbocycles. The fraction of sp³-hybridized carbons (Fsp3) is 0.618. The van der Waals surface area contributed by atoms with Gasteiger partial charge in [0.25, 0.3) is 0 Å². The zero-order valence-corrected chi connectivity index (χ0v) is 23.0. The summed E-state index contributed by atoms with van der Waals surface area (Å²) in [5.74, 6) is 2.49. The van der Waals surface area contributed by atoms with Gasteiger partial charge in [0.2, 0.25) is 0 Å². The van der Waals surface area contributed by atoms with Gasteiger partial charge in [-0.1, -0.05) is 108 Å². The molecule has 3 rings (SSSR count). The Kier molecular flexibility index (Phi) is 12.9. The number of unbranched alkanes of at least 4 members (excludes halogenated alkanes) is 8. The second-order valence-corrected chi connectivity index (χ2v) is 11.0. The molecule has 0 spiro atoms. The van der Waals surface area contributed by atoms with E-state index in [0.717, 1.165) is 25.2 Å². The third kappa shape index (κ3) is 9.31. The third-order valence-corrected chi connectivity index (χ3v) is 8.21. The highest BCUT2D eigenvalue weighted by molar-refractivity contribution is 5.64. The number of hydrogen-bond donors (Lipinski definition) is 0. The van der Waals surface area contributed by atoms with Crippen molar-refractivity contribution in [2.45, 2.75) is 116 Å². The lowest BCUT2D eigenvalue weighted by atomic mass is 9.73. The third-order valence-electron chi connectivity index (χ3n) is 8.21. The monoisotopic (exact) mass is 487 g/mol. The van der Waals surface area contributed by atoms with Crippen molar-refractivity contribution in [3.05, 3.63) is 54.1 Å². The Hall–Kier alpha value is -2.27. The molecule has 2 aromatic carbocycles. The quantitative estimate of drug-likeness (QED) is 0.221. The van der Waals surface area contributed by atoms with Gasteiger partial charge in [-0.3, -0.25) is 0 Å². The van der Waals surface area contributed by atoms with Crippen molar-refractivity contribution in [2.75, 3.05) is 6.61 Å². The molecule has 2 heteroatoms. The van der Waals surface area contributed by atoms with Crippen LogP contribution in [0.4, 0.5) is 0 Å². The Morgan fingerprint density at radius 2 is 1.28 bits per heavy atom. The van der Waals surface area contributed by atoms with E-state index in [1.807, 2.05) is 0 Å². The zero-order valence-electron chi connectivity index (χ0n) is 23.0. The van der Waals surface area contributed by atoms with Crippen molar-refractivity contribution in [1.29, 1.82) is 5.26 Å². The van der Waals surface area contributed by atoms with E-state index in [9.17, 15) is 5.26 Å². The summed E-state index contributed by atoms with van der Waals surface area (Å²) in [6.07, 6.45) is 18.8. The van der Waals surface area contributed by atoms with E-state index < -0.39 is 0 Å². The van der Waals surface area contributed by atoms with Gasteiger partial charge in [0.15, 0.2) is 0 Å². The van der Waals surface area contributed by atoms with Crippen LogP contribution < -0.4 is 4.74 Å². The number of nitrogens with zero attached hydrogens (tertiary/aromatic N) is 1. The van der Waals surface area contributed by atoms with E-state index in [0.29, 0.717) is 11.8 Å². The molecule has 196 valence electrons. The van der Waals surface area contributed by atoms with Crippen molar-refractivity contribution in [1.82, 2.24) is 0 Å². The first-order valence-electron chi connectivity index (χ1n) is 15.0. The van der Waals surface area contributed by atoms with E-state index in [2.05, 4.69) is 68.4 Å². The van der Waals surface area contributed by atoms with Gasteiger partial charge in [0, 0.05) is 5.92 Å². The van der Waals surface area contributed by atoms with E-state index in [4.69, 9.17) is 4.74 Å². The smallest absolute Gasteiger partial charge is 0.119 e. The fourth-order valence-corrected chi connectivity index (χ4v) is 5.82. The summed E-state index contributed by atoms with van der Waals surface area (Å²) < 4.78 is 5.93. The largest absolute Gasteiger partial charge is 0.494 e. The Morgan fingerprint density at radius 1 is 0.722 bits per heavy atom. The molecular formula is C34H49NO. The second-order valence-electron chi connectivity index (χ2n) is 11.0. The highest BCUT2D eigenvalue weighted by Gasteiger charge is 2.28. The summed E-state index contributed by atoms with van der Waals surface area (Å²) in [4.78, 5) is 0. The summed E-state index contributed by atoms with van der Waals surface area (Å²) in [5.41, 5.74) is 3.98. The lowest BCUT2D eigenvalue weighted by molar-refractivity contribution is 0.256. The van der Waals surface area contributed by atoms with Crippen LogP contribution in [-0.4, -0.2) is 6.61 Å². The molecule has 0 amide bonds. The molecule has 0 radical (unpaired) electrons. The first-order chi connectivity index (χ1) is 17.7. The first-order valence-corrected chi connectivity index (χ1v) is 15.0. The van der Waals surface area contributed by atoms with Crippen LogP contribution in [0.1, 0.15) is 122 Å². The van der Waals surface area contributed by atoms with Gasteiger partial charge in [0.05, 0.1) is 12.7 Å². The molecule has 1 atom stereocenters. The minimum Gasteiger partial charge on any atom is -0.494 e. The molecule has 0 aliphatic heterocycles. The molecule has 1 aliphatic carbocycles. The lowest BCUT2D eigenvalue weighted by Gasteiger charge is -2.31. The fourth-order valence-electron chi connectivity index (χ4n) is 5.82. The summed E-state index contributed by atoms with van der Waals surface area (Å²) in [6.45, 7) is 5.32. The lowest BCUT2D eigenvalue weighted by Crippen LogP contribution is -2.20. The summed E-state index contributed by atoms with van der Waals surface area (Å²) in [7, 11) is 0. The molecule has 36 heavy (non-hydrogen) atoms. The van der Waals surface area contributed by atoms with E-state index >= 15 is 0 Å². The molecule has 0 N–H and O–H groups in total. The Balaban J connectivity index is 1.42. The minimum absolute atomic E-state index is 0.267. The van der Waals surface area contributed by atoms with Crippen LogP contribution in [0.25, 0.3) is 11.1 Å². The predicted octanol–water partition coefficient (Wildman–Crippen LogP) is 10.5. The van der Waals surface area contributed by atoms with Gasteiger partial charge < -0.3 is 4.74 Å². The summed E-state index contributed by atoms with van der Waals surface area (Å²) >= 11 is 0. The normalized spacial score (nSPS) is 18.5. The molecule has 0 heterocycles. The first kappa shape index (κ1) is 28.3. The molecule has 0 bridgehead atoms. The summed E-state index contributed by atoms with van der Waals surface area (Å²) in [6, 6.07) is 20.4. The van der Waals surface area contributed by atoms with E-state index in [1.54, 1.807) is 0 Å². The topological polar surface area (TPSA) is 33.0 Å².